The van der Waals surface area contributed by atoms with Crippen LogP contribution in [0.3, 0.4) is 0 Å². The van der Waals surface area contributed by atoms with Gasteiger partial charge in [-0.3, -0.25) is 9.59 Å². The highest BCUT2D eigenvalue weighted by atomic mass is 16.1. The average molecular weight is 443 g/mol. The molecule has 0 fully saturated rings. The van der Waals surface area contributed by atoms with Crippen molar-refractivity contribution in [3.8, 4) is 0 Å². The molecular formula is C31H38O2. The lowest BCUT2D eigenvalue weighted by molar-refractivity contribution is 0.0973. The Kier molecular flexibility index (Phi) is 12.5. The minimum atomic E-state index is -0.0258. The number of hydrogen-bond acceptors (Lipinski definition) is 2. The SMILES string of the molecule is C/C=C/CC/C=C/CC/C=C/CC/C=C/CC/C=C/CC1=C(C)C(=O)c2ccccc2C1=O. The highest BCUT2D eigenvalue weighted by Gasteiger charge is 2.28. The number of fused-ring (bicyclic) bond motifs is 1. The fourth-order valence-corrected chi connectivity index (χ4v) is 3.76. The van der Waals surface area contributed by atoms with Crippen LogP contribution in [0.1, 0.15) is 92.4 Å². The standard InChI is InChI=1S/C31H38O2/c1-3-4-5-6-7-8-9-10-11-12-13-14-15-16-17-18-19-20-23-27-26(2)30(32)28-24-21-22-25-29(28)31(27)33/h3-4,7-8,11-12,15-16,19-22,24-25H,5-6,9-10,13-14,17-18,23H2,1-2H3/b4-3+,8-7+,12-11+,16-15+,20-19+. The van der Waals surface area contributed by atoms with E-state index in [4.69, 9.17) is 0 Å². The summed E-state index contributed by atoms with van der Waals surface area (Å²) in [7, 11) is 0. The van der Waals surface area contributed by atoms with Crippen LogP contribution in [0.15, 0.2) is 96.2 Å². The molecule has 0 atom stereocenters. The van der Waals surface area contributed by atoms with E-state index in [0.717, 1.165) is 51.4 Å². The molecule has 2 heteroatoms. The third-order valence-corrected chi connectivity index (χ3v) is 5.71. The molecule has 1 aliphatic carbocycles. The quantitative estimate of drug-likeness (QED) is 0.213. The first kappa shape index (κ1) is 26.3. The summed E-state index contributed by atoms with van der Waals surface area (Å²) in [5.41, 5.74) is 2.27. The van der Waals surface area contributed by atoms with Crippen molar-refractivity contribution in [3.05, 3.63) is 107 Å². The molecule has 0 N–H and O–H groups in total. The molecule has 0 amide bonds. The largest absolute Gasteiger partial charge is 0.289 e. The predicted octanol–water partition coefficient (Wildman–Crippen LogP) is 8.69. The summed E-state index contributed by atoms with van der Waals surface area (Å²) in [5.74, 6) is -0.0390. The lowest BCUT2D eigenvalue weighted by Gasteiger charge is -2.17. The molecular weight excluding hydrogens is 404 g/mol. The molecule has 1 aromatic carbocycles. The minimum absolute atomic E-state index is 0.0132. The number of benzene rings is 1. The van der Waals surface area contributed by atoms with Crippen LogP contribution < -0.4 is 0 Å². The molecule has 174 valence electrons. The average Bonchev–Trinajstić information content (AvgIpc) is 2.83. The summed E-state index contributed by atoms with van der Waals surface area (Å²) in [6, 6.07) is 7.10. The van der Waals surface area contributed by atoms with Crippen LogP contribution in [-0.4, -0.2) is 11.6 Å². The van der Waals surface area contributed by atoms with Gasteiger partial charge in [0.05, 0.1) is 0 Å². The predicted molar refractivity (Wildman–Crippen MR) is 141 cm³/mol. The van der Waals surface area contributed by atoms with E-state index in [1.807, 2.05) is 12.1 Å². The summed E-state index contributed by atoms with van der Waals surface area (Å²) in [6.45, 7) is 3.83. The van der Waals surface area contributed by atoms with Crippen LogP contribution in [0, 0.1) is 0 Å². The van der Waals surface area contributed by atoms with Crippen LogP contribution in [0.25, 0.3) is 0 Å². The van der Waals surface area contributed by atoms with Crippen molar-refractivity contribution < 1.29 is 9.59 Å². The van der Waals surface area contributed by atoms with Gasteiger partial charge in [0.2, 0.25) is 0 Å². The third kappa shape index (κ3) is 9.18. The van der Waals surface area contributed by atoms with Gasteiger partial charge < -0.3 is 0 Å². The maximum atomic E-state index is 12.7. The zero-order valence-electron chi connectivity index (χ0n) is 20.3. The smallest absolute Gasteiger partial charge is 0.190 e. The maximum absolute atomic E-state index is 12.7. The van der Waals surface area contributed by atoms with Crippen LogP contribution in [0.2, 0.25) is 0 Å². The molecule has 1 aliphatic rings. The lowest BCUT2D eigenvalue weighted by atomic mass is 9.83. The number of allylic oxidation sites excluding steroid dienone is 12. The van der Waals surface area contributed by atoms with Gasteiger partial charge in [-0.2, -0.15) is 0 Å². The molecule has 0 aliphatic heterocycles. The van der Waals surface area contributed by atoms with Crippen molar-refractivity contribution in [2.75, 3.05) is 0 Å². The molecule has 33 heavy (non-hydrogen) atoms. The first-order chi connectivity index (χ1) is 16.2. The Hall–Kier alpha value is -3.00. The van der Waals surface area contributed by atoms with Gasteiger partial charge in [0.15, 0.2) is 11.6 Å². The van der Waals surface area contributed by atoms with E-state index in [2.05, 4.69) is 61.6 Å². The molecule has 0 spiro atoms. The van der Waals surface area contributed by atoms with E-state index in [-0.39, 0.29) is 11.6 Å². The number of carbonyl (C=O) groups excluding carboxylic acids is 2. The van der Waals surface area contributed by atoms with Gasteiger partial charge in [0, 0.05) is 22.3 Å². The third-order valence-electron chi connectivity index (χ3n) is 5.71. The van der Waals surface area contributed by atoms with E-state index in [9.17, 15) is 9.59 Å². The molecule has 0 radical (unpaired) electrons. The molecule has 2 nitrogen and oxygen atoms in total. The number of ketones is 2. The molecule has 0 bridgehead atoms. The van der Waals surface area contributed by atoms with Crippen LogP contribution >= 0.6 is 0 Å². The first-order valence-corrected chi connectivity index (χ1v) is 12.3. The van der Waals surface area contributed by atoms with Crippen LogP contribution in [0.4, 0.5) is 0 Å². The first-order valence-electron chi connectivity index (χ1n) is 12.3. The Balaban J connectivity index is 1.58. The van der Waals surface area contributed by atoms with Crippen molar-refractivity contribution in [2.45, 2.75) is 71.6 Å². The molecule has 1 aromatic rings. The van der Waals surface area contributed by atoms with Crippen molar-refractivity contribution in [1.82, 2.24) is 0 Å². The Morgan fingerprint density at radius 3 is 1.42 bits per heavy atom. The molecule has 0 saturated carbocycles. The Bertz CT molecular complexity index is 951. The van der Waals surface area contributed by atoms with Gasteiger partial charge in [0.25, 0.3) is 0 Å². The van der Waals surface area contributed by atoms with E-state index in [0.29, 0.717) is 28.7 Å². The van der Waals surface area contributed by atoms with Crippen molar-refractivity contribution in [3.63, 3.8) is 0 Å². The summed E-state index contributed by atoms with van der Waals surface area (Å²) in [5, 5.41) is 0. The molecule has 0 saturated heterocycles. The minimum Gasteiger partial charge on any atom is -0.289 e. The second-order valence-corrected chi connectivity index (χ2v) is 8.28. The van der Waals surface area contributed by atoms with Crippen LogP contribution in [-0.2, 0) is 0 Å². The summed E-state index contributed by atoms with van der Waals surface area (Å²) in [4.78, 5) is 25.2. The van der Waals surface area contributed by atoms with Gasteiger partial charge in [-0.1, -0.05) is 85.0 Å². The highest BCUT2D eigenvalue weighted by Crippen LogP contribution is 2.28. The monoisotopic (exact) mass is 442 g/mol. The van der Waals surface area contributed by atoms with E-state index in [1.54, 1.807) is 25.1 Å². The van der Waals surface area contributed by atoms with Gasteiger partial charge in [-0.05, 0) is 71.6 Å². The molecule has 0 aromatic heterocycles. The topological polar surface area (TPSA) is 34.1 Å². The maximum Gasteiger partial charge on any atom is 0.190 e. The van der Waals surface area contributed by atoms with Crippen LogP contribution in [0.5, 0.6) is 0 Å². The fourth-order valence-electron chi connectivity index (χ4n) is 3.76. The number of carbonyl (C=O) groups is 2. The second kappa shape index (κ2) is 15.7. The van der Waals surface area contributed by atoms with E-state index < -0.39 is 0 Å². The highest BCUT2D eigenvalue weighted by molar-refractivity contribution is 6.26. The Morgan fingerprint density at radius 2 is 0.970 bits per heavy atom. The second-order valence-electron chi connectivity index (χ2n) is 8.28. The lowest BCUT2D eigenvalue weighted by Crippen LogP contribution is -2.20. The number of rotatable bonds is 14. The van der Waals surface area contributed by atoms with Crippen molar-refractivity contribution >= 4 is 11.6 Å². The fraction of sp³-hybridized carbons (Fsp3) is 0.355. The normalized spacial score (nSPS) is 14.8. The summed E-state index contributed by atoms with van der Waals surface area (Å²) >= 11 is 0. The molecule has 2 rings (SSSR count). The number of unbranched alkanes of at least 4 members (excludes halogenated alkanes) is 4. The van der Waals surface area contributed by atoms with Gasteiger partial charge in [-0.25, -0.2) is 0 Å². The Morgan fingerprint density at radius 1 is 0.576 bits per heavy atom. The van der Waals surface area contributed by atoms with Gasteiger partial charge >= 0.3 is 0 Å². The van der Waals surface area contributed by atoms with Crippen molar-refractivity contribution in [2.24, 2.45) is 0 Å². The zero-order chi connectivity index (χ0) is 23.7. The van der Waals surface area contributed by atoms with Gasteiger partial charge in [-0.15, -0.1) is 0 Å². The molecule has 0 heterocycles. The van der Waals surface area contributed by atoms with E-state index >= 15 is 0 Å². The Labute approximate surface area is 200 Å². The van der Waals surface area contributed by atoms with E-state index in [1.165, 1.54) is 0 Å². The van der Waals surface area contributed by atoms with Crippen molar-refractivity contribution in [1.29, 1.82) is 0 Å². The number of hydrogen-bond donors (Lipinski definition) is 0. The zero-order valence-corrected chi connectivity index (χ0v) is 20.3. The summed E-state index contributed by atoms with van der Waals surface area (Å²) in [6.07, 6.45) is 31.1. The summed E-state index contributed by atoms with van der Waals surface area (Å²) < 4.78 is 0. The van der Waals surface area contributed by atoms with Gasteiger partial charge in [0.1, 0.15) is 0 Å². The number of Topliss-reactive ketones (excluding diaryl/α,β-unsaturated/α-hetero) is 2. The molecule has 0 unspecified atom stereocenters.